The number of aromatic nitrogens is 5. The number of carbonyl (C=O) groups excluding carboxylic acids is 1. The summed E-state index contributed by atoms with van der Waals surface area (Å²) in [5.74, 6) is 0.449. The largest absolute Gasteiger partial charge is 0.317 e. The monoisotopic (exact) mass is 288 g/mol. The summed E-state index contributed by atoms with van der Waals surface area (Å²) < 4.78 is 3.37. The van der Waals surface area contributed by atoms with Crippen molar-refractivity contribution in [2.24, 2.45) is 7.05 Å². The molecule has 1 amide bonds. The summed E-state index contributed by atoms with van der Waals surface area (Å²) in [6.45, 7) is 1.89. The van der Waals surface area contributed by atoms with Gasteiger partial charge in [-0.2, -0.15) is 5.10 Å². The van der Waals surface area contributed by atoms with Crippen LogP contribution in [0.5, 0.6) is 0 Å². The van der Waals surface area contributed by atoms with Gasteiger partial charge in [0.25, 0.3) is 5.91 Å². The molecule has 3 aromatic heterocycles. The van der Waals surface area contributed by atoms with Crippen LogP contribution in [0, 0.1) is 6.92 Å². The van der Waals surface area contributed by atoms with Gasteiger partial charge in [0.15, 0.2) is 5.82 Å². The van der Waals surface area contributed by atoms with Gasteiger partial charge in [-0.15, -0.1) is 21.5 Å². The Morgan fingerprint density at radius 1 is 1.35 bits per heavy atom. The van der Waals surface area contributed by atoms with Gasteiger partial charge >= 0.3 is 0 Å². The Morgan fingerprint density at radius 3 is 2.75 bits per heavy atom. The van der Waals surface area contributed by atoms with Crippen LogP contribution in [0.2, 0.25) is 0 Å². The number of anilines is 1. The molecular weight excluding hydrogens is 276 g/mol. The zero-order valence-corrected chi connectivity index (χ0v) is 11.8. The highest BCUT2D eigenvalue weighted by Crippen LogP contribution is 2.24. The van der Waals surface area contributed by atoms with E-state index in [0.717, 1.165) is 5.69 Å². The molecule has 0 aliphatic heterocycles. The molecular formula is C12H12N6OS. The third-order valence-electron chi connectivity index (χ3n) is 2.96. The summed E-state index contributed by atoms with van der Waals surface area (Å²) >= 11 is 1.40. The van der Waals surface area contributed by atoms with Crippen LogP contribution < -0.4 is 5.32 Å². The number of hydrogen-bond acceptors (Lipinski definition) is 5. The third kappa shape index (κ3) is 2.10. The summed E-state index contributed by atoms with van der Waals surface area (Å²) in [6, 6.07) is 3.63. The van der Waals surface area contributed by atoms with Crippen LogP contribution in [0.3, 0.4) is 0 Å². The molecule has 1 N–H and O–H groups in total. The summed E-state index contributed by atoms with van der Waals surface area (Å²) in [4.78, 5) is 12.8. The second-order valence-corrected chi connectivity index (χ2v) is 5.16. The minimum absolute atomic E-state index is 0.148. The van der Waals surface area contributed by atoms with E-state index in [-0.39, 0.29) is 5.91 Å². The first-order valence-electron chi connectivity index (χ1n) is 5.90. The first-order chi connectivity index (χ1) is 9.66. The number of thiophene rings is 1. The van der Waals surface area contributed by atoms with Crippen molar-refractivity contribution in [3.63, 3.8) is 0 Å². The molecule has 0 atom stereocenters. The van der Waals surface area contributed by atoms with E-state index in [1.54, 1.807) is 28.0 Å². The fourth-order valence-electron chi connectivity index (χ4n) is 1.81. The zero-order chi connectivity index (χ0) is 14.1. The predicted molar refractivity (Wildman–Crippen MR) is 75.1 cm³/mol. The molecule has 0 saturated heterocycles. The van der Waals surface area contributed by atoms with Crippen molar-refractivity contribution < 1.29 is 4.79 Å². The topological polar surface area (TPSA) is 77.6 Å². The molecule has 0 aromatic carbocycles. The Morgan fingerprint density at radius 2 is 2.10 bits per heavy atom. The Kier molecular flexibility index (Phi) is 3.07. The molecule has 0 saturated carbocycles. The van der Waals surface area contributed by atoms with Crippen molar-refractivity contribution >= 4 is 22.9 Å². The molecule has 0 bridgehead atoms. The SMILES string of the molecule is Cc1c(NC(=O)c2cccs2)c(-n2cnnc2)nn1C. The second-order valence-electron chi connectivity index (χ2n) is 4.21. The molecule has 0 unspecified atom stereocenters. The second kappa shape index (κ2) is 4.89. The summed E-state index contributed by atoms with van der Waals surface area (Å²) in [6.07, 6.45) is 3.09. The van der Waals surface area contributed by atoms with Crippen molar-refractivity contribution in [1.29, 1.82) is 0 Å². The third-order valence-corrected chi connectivity index (χ3v) is 3.83. The number of amides is 1. The summed E-state index contributed by atoms with van der Waals surface area (Å²) in [5.41, 5.74) is 1.52. The average molecular weight is 288 g/mol. The molecule has 3 rings (SSSR count). The van der Waals surface area contributed by atoms with E-state index in [1.165, 1.54) is 11.3 Å². The van der Waals surface area contributed by atoms with Gasteiger partial charge in [-0.3, -0.25) is 14.0 Å². The molecule has 0 spiro atoms. The van der Waals surface area contributed by atoms with E-state index < -0.39 is 0 Å². The fraction of sp³-hybridized carbons (Fsp3) is 0.167. The van der Waals surface area contributed by atoms with Gasteiger partial charge in [0.1, 0.15) is 18.3 Å². The number of carbonyl (C=O) groups is 1. The molecule has 20 heavy (non-hydrogen) atoms. The van der Waals surface area contributed by atoms with Crippen molar-refractivity contribution in [3.8, 4) is 5.82 Å². The van der Waals surface area contributed by atoms with Crippen LogP contribution in [0.25, 0.3) is 5.82 Å². The van der Waals surface area contributed by atoms with E-state index >= 15 is 0 Å². The zero-order valence-electron chi connectivity index (χ0n) is 10.9. The van der Waals surface area contributed by atoms with Gasteiger partial charge < -0.3 is 5.32 Å². The van der Waals surface area contributed by atoms with Gasteiger partial charge in [0.2, 0.25) is 0 Å². The van der Waals surface area contributed by atoms with Gasteiger partial charge in [0.05, 0.1) is 10.6 Å². The van der Waals surface area contributed by atoms with E-state index in [4.69, 9.17) is 0 Å². The van der Waals surface area contributed by atoms with Gasteiger partial charge in [-0.25, -0.2) is 0 Å². The highest BCUT2D eigenvalue weighted by molar-refractivity contribution is 7.12. The predicted octanol–water partition coefficient (Wildman–Crippen LogP) is 1.62. The lowest BCUT2D eigenvalue weighted by Gasteiger charge is -2.05. The molecule has 3 heterocycles. The molecule has 3 aromatic rings. The molecule has 8 heteroatoms. The lowest BCUT2D eigenvalue weighted by Crippen LogP contribution is -2.12. The van der Waals surface area contributed by atoms with Crippen molar-refractivity contribution in [2.45, 2.75) is 6.92 Å². The minimum atomic E-state index is -0.148. The summed E-state index contributed by atoms with van der Waals surface area (Å²) in [5, 5.41) is 16.7. The first-order valence-corrected chi connectivity index (χ1v) is 6.78. The molecule has 0 radical (unpaired) electrons. The number of nitrogens with one attached hydrogen (secondary N) is 1. The van der Waals surface area contributed by atoms with Gasteiger partial charge in [-0.05, 0) is 18.4 Å². The Hall–Kier alpha value is -2.48. The van der Waals surface area contributed by atoms with Crippen molar-refractivity contribution in [2.75, 3.05) is 5.32 Å². The smallest absolute Gasteiger partial charge is 0.265 e. The minimum Gasteiger partial charge on any atom is -0.317 e. The Labute approximate surface area is 118 Å². The normalized spacial score (nSPS) is 10.7. The first kappa shape index (κ1) is 12.5. The number of nitrogens with zero attached hydrogens (tertiary/aromatic N) is 5. The summed E-state index contributed by atoms with van der Waals surface area (Å²) in [7, 11) is 1.82. The van der Waals surface area contributed by atoms with Crippen LogP contribution >= 0.6 is 11.3 Å². The van der Waals surface area contributed by atoms with E-state index in [1.807, 2.05) is 25.4 Å². The number of hydrogen-bond donors (Lipinski definition) is 1. The average Bonchev–Trinajstić information content (AvgIpc) is 3.15. The number of aryl methyl sites for hydroxylation is 1. The Balaban J connectivity index is 1.99. The van der Waals surface area contributed by atoms with Crippen molar-refractivity contribution in [1.82, 2.24) is 24.5 Å². The van der Waals surface area contributed by atoms with Crippen LogP contribution in [-0.4, -0.2) is 30.5 Å². The quantitative estimate of drug-likeness (QED) is 0.794. The molecule has 0 aliphatic rings. The highest BCUT2D eigenvalue weighted by atomic mass is 32.1. The highest BCUT2D eigenvalue weighted by Gasteiger charge is 2.18. The maximum atomic E-state index is 12.2. The molecule has 0 fully saturated rings. The van der Waals surface area contributed by atoms with E-state index in [0.29, 0.717) is 16.4 Å². The molecule has 0 aliphatic carbocycles. The standard InChI is InChI=1S/C12H12N6OS/c1-8-10(15-12(19)9-4-3-5-20-9)11(16-17(8)2)18-6-13-14-7-18/h3-7H,1-2H3,(H,15,19). The lowest BCUT2D eigenvalue weighted by molar-refractivity contribution is 0.103. The maximum Gasteiger partial charge on any atom is 0.265 e. The van der Waals surface area contributed by atoms with Crippen LogP contribution in [0.4, 0.5) is 5.69 Å². The lowest BCUT2D eigenvalue weighted by atomic mass is 10.3. The van der Waals surface area contributed by atoms with Crippen LogP contribution in [0.15, 0.2) is 30.2 Å². The van der Waals surface area contributed by atoms with Crippen molar-refractivity contribution in [3.05, 3.63) is 40.7 Å². The van der Waals surface area contributed by atoms with E-state index in [2.05, 4.69) is 20.6 Å². The molecule has 102 valence electrons. The number of rotatable bonds is 3. The fourth-order valence-corrected chi connectivity index (χ4v) is 2.43. The van der Waals surface area contributed by atoms with Gasteiger partial charge in [0, 0.05) is 7.05 Å². The van der Waals surface area contributed by atoms with Gasteiger partial charge in [-0.1, -0.05) is 6.07 Å². The molecule has 7 nitrogen and oxygen atoms in total. The van der Waals surface area contributed by atoms with E-state index in [9.17, 15) is 4.79 Å². The Bertz CT molecular complexity index is 728. The maximum absolute atomic E-state index is 12.2. The van der Waals surface area contributed by atoms with Crippen LogP contribution in [0.1, 0.15) is 15.4 Å². The van der Waals surface area contributed by atoms with Crippen LogP contribution in [-0.2, 0) is 7.05 Å².